The van der Waals surface area contributed by atoms with Crippen molar-refractivity contribution in [1.29, 1.82) is 0 Å². The Hall–Kier alpha value is -4.04. The van der Waals surface area contributed by atoms with Crippen molar-refractivity contribution in [3.63, 3.8) is 0 Å². The number of ether oxygens (including phenoxy) is 1. The van der Waals surface area contributed by atoms with Crippen LogP contribution in [0.1, 0.15) is 49.9 Å². The molecule has 2 unspecified atom stereocenters. The third-order valence-corrected chi connectivity index (χ3v) is 6.53. The van der Waals surface area contributed by atoms with Gasteiger partial charge in [0.1, 0.15) is 12.1 Å². The van der Waals surface area contributed by atoms with E-state index in [9.17, 15) is 9.59 Å². The standard InChI is InChI=1S/C23H24N4.C7H13NO3/c1-16(19-13-12-18-7-4-5-8-20(18)25-19)10-11-17(2)21-15-24-23(26-21)22-9-6-14-27(22)3;1-5(2)6(4-9)8-7(10)11-3/h4-5,7-8,10-13,15,22H,1-2,6,9,14H2,3H3,(H,24,26);4-6H,1-3H3,(H,8,10)/b11-10-;. The average Bonchev–Trinajstić information content (AvgIpc) is 3.59. The van der Waals surface area contributed by atoms with Gasteiger partial charge < -0.3 is 19.8 Å². The van der Waals surface area contributed by atoms with Crippen LogP contribution in [-0.4, -0.2) is 59.0 Å². The van der Waals surface area contributed by atoms with Crippen LogP contribution in [-0.2, 0) is 9.53 Å². The maximum Gasteiger partial charge on any atom is 0.407 e. The SMILES string of the molecule is C=C(/C=C\C(=C)c1cnc(C2CCCN2C)[nH]1)c1ccc2ccccc2n1.COC(=O)NC(C=O)C(C)C. The average molecular weight is 516 g/mol. The fourth-order valence-electron chi connectivity index (χ4n) is 4.10. The zero-order valence-corrected chi connectivity index (χ0v) is 22.6. The van der Waals surface area contributed by atoms with Gasteiger partial charge in [0.2, 0.25) is 0 Å². The molecule has 8 nitrogen and oxygen atoms in total. The Morgan fingerprint density at radius 1 is 1.18 bits per heavy atom. The van der Waals surface area contributed by atoms with Crippen LogP contribution in [0.5, 0.6) is 0 Å². The second-order valence-corrected chi connectivity index (χ2v) is 9.64. The second kappa shape index (κ2) is 13.5. The van der Waals surface area contributed by atoms with Gasteiger partial charge in [-0.3, -0.25) is 4.90 Å². The number of likely N-dealkylation sites (tertiary alicyclic amines) is 1. The van der Waals surface area contributed by atoms with Gasteiger partial charge in [-0.25, -0.2) is 14.8 Å². The number of nitrogens with zero attached hydrogens (tertiary/aromatic N) is 3. The summed E-state index contributed by atoms with van der Waals surface area (Å²) in [7, 11) is 3.41. The topological polar surface area (TPSA) is 100 Å². The minimum absolute atomic E-state index is 0.0894. The zero-order valence-electron chi connectivity index (χ0n) is 22.6. The van der Waals surface area contributed by atoms with Crippen LogP contribution in [0.4, 0.5) is 4.79 Å². The molecule has 0 saturated carbocycles. The number of para-hydroxylation sites is 1. The molecule has 1 amide bonds. The highest BCUT2D eigenvalue weighted by Crippen LogP contribution is 2.29. The number of hydrogen-bond acceptors (Lipinski definition) is 6. The molecule has 0 radical (unpaired) electrons. The summed E-state index contributed by atoms with van der Waals surface area (Å²) < 4.78 is 4.32. The van der Waals surface area contributed by atoms with Crippen LogP contribution < -0.4 is 5.32 Å². The second-order valence-electron chi connectivity index (χ2n) is 9.64. The number of hydrogen-bond donors (Lipinski definition) is 2. The van der Waals surface area contributed by atoms with Crippen molar-refractivity contribution in [2.24, 2.45) is 5.92 Å². The first kappa shape index (κ1) is 28.5. The Morgan fingerprint density at radius 3 is 2.58 bits per heavy atom. The summed E-state index contributed by atoms with van der Waals surface area (Å²) in [4.78, 5) is 35.9. The molecule has 1 fully saturated rings. The van der Waals surface area contributed by atoms with Crippen LogP contribution in [0, 0.1) is 5.92 Å². The van der Waals surface area contributed by atoms with Crippen molar-refractivity contribution in [2.75, 3.05) is 20.7 Å². The number of fused-ring (bicyclic) bond motifs is 1. The summed E-state index contributed by atoms with van der Waals surface area (Å²) in [5.74, 6) is 1.11. The Morgan fingerprint density at radius 2 is 1.92 bits per heavy atom. The molecule has 38 heavy (non-hydrogen) atoms. The fraction of sp³-hybridized carbons (Fsp3) is 0.333. The molecule has 2 atom stereocenters. The van der Waals surface area contributed by atoms with Crippen molar-refractivity contribution in [1.82, 2.24) is 25.2 Å². The molecule has 1 aromatic carbocycles. The van der Waals surface area contributed by atoms with E-state index in [2.05, 4.69) is 62.2 Å². The van der Waals surface area contributed by atoms with E-state index in [0.29, 0.717) is 12.3 Å². The van der Waals surface area contributed by atoms with E-state index in [0.717, 1.165) is 52.2 Å². The molecule has 4 rings (SSSR count). The minimum atomic E-state index is -0.573. The van der Waals surface area contributed by atoms with Crippen LogP contribution in [0.25, 0.3) is 22.0 Å². The quantitative estimate of drug-likeness (QED) is 0.300. The van der Waals surface area contributed by atoms with Crippen molar-refractivity contribution in [3.8, 4) is 0 Å². The predicted molar refractivity (Wildman–Crippen MR) is 152 cm³/mol. The summed E-state index contributed by atoms with van der Waals surface area (Å²) in [5.41, 5.74) is 4.53. The number of benzene rings is 1. The van der Waals surface area contributed by atoms with Crippen molar-refractivity contribution in [2.45, 2.75) is 38.8 Å². The number of aromatic nitrogens is 3. The number of pyridine rings is 1. The van der Waals surface area contributed by atoms with E-state index in [1.807, 2.05) is 56.5 Å². The molecule has 1 aliphatic heterocycles. The first-order valence-electron chi connectivity index (χ1n) is 12.7. The monoisotopic (exact) mass is 515 g/mol. The van der Waals surface area contributed by atoms with Crippen molar-refractivity contribution < 1.29 is 14.3 Å². The van der Waals surface area contributed by atoms with E-state index < -0.39 is 12.1 Å². The Labute approximate surface area is 224 Å². The van der Waals surface area contributed by atoms with Gasteiger partial charge in [0, 0.05) is 5.39 Å². The number of rotatable bonds is 8. The summed E-state index contributed by atoms with van der Waals surface area (Å²) in [6.45, 7) is 13.1. The Balaban J connectivity index is 0.000000310. The number of alkyl carbamates (subject to hydrolysis) is 1. The lowest BCUT2D eigenvalue weighted by molar-refractivity contribution is -0.110. The number of amides is 1. The summed E-state index contributed by atoms with van der Waals surface area (Å²) in [6.07, 6.45) is 8.28. The van der Waals surface area contributed by atoms with Gasteiger partial charge in [0.25, 0.3) is 0 Å². The van der Waals surface area contributed by atoms with Crippen LogP contribution >= 0.6 is 0 Å². The van der Waals surface area contributed by atoms with Gasteiger partial charge in [-0.15, -0.1) is 0 Å². The summed E-state index contributed by atoms with van der Waals surface area (Å²) in [5, 5.41) is 3.52. The smallest absolute Gasteiger partial charge is 0.407 e. The van der Waals surface area contributed by atoms with Gasteiger partial charge in [-0.2, -0.15) is 0 Å². The third kappa shape index (κ3) is 7.49. The molecule has 1 aliphatic rings. The molecule has 0 aliphatic carbocycles. The lowest BCUT2D eigenvalue weighted by atomic mass is 10.1. The molecule has 2 N–H and O–H groups in total. The Kier molecular flexibility index (Phi) is 10.1. The number of aromatic amines is 1. The van der Waals surface area contributed by atoms with E-state index in [-0.39, 0.29) is 5.92 Å². The molecule has 1 saturated heterocycles. The molecule has 8 heteroatoms. The van der Waals surface area contributed by atoms with Gasteiger partial charge in [0.15, 0.2) is 0 Å². The first-order valence-corrected chi connectivity index (χ1v) is 12.7. The number of carbonyl (C=O) groups is 2. The molecular weight excluding hydrogens is 478 g/mol. The lowest BCUT2D eigenvalue weighted by Gasteiger charge is -2.16. The van der Waals surface area contributed by atoms with E-state index in [4.69, 9.17) is 0 Å². The van der Waals surface area contributed by atoms with E-state index in [1.54, 1.807) is 0 Å². The number of H-pyrrole nitrogens is 1. The van der Waals surface area contributed by atoms with E-state index in [1.165, 1.54) is 13.5 Å². The van der Waals surface area contributed by atoms with Gasteiger partial charge in [-0.1, -0.05) is 63.4 Å². The normalized spacial score (nSPS) is 16.2. The third-order valence-electron chi connectivity index (χ3n) is 6.53. The minimum Gasteiger partial charge on any atom is -0.453 e. The number of aldehydes is 1. The molecular formula is C30H37N5O3. The largest absolute Gasteiger partial charge is 0.453 e. The molecule has 200 valence electrons. The van der Waals surface area contributed by atoms with Crippen molar-refractivity contribution in [3.05, 3.63) is 85.1 Å². The summed E-state index contributed by atoms with van der Waals surface area (Å²) >= 11 is 0. The van der Waals surface area contributed by atoms with Gasteiger partial charge in [0.05, 0.1) is 42.3 Å². The molecule has 0 bridgehead atoms. The molecule has 2 aromatic heterocycles. The van der Waals surface area contributed by atoms with Crippen LogP contribution in [0.15, 0.2) is 67.9 Å². The fourth-order valence-corrected chi connectivity index (χ4v) is 4.10. The number of imidazole rings is 1. The number of allylic oxidation sites excluding steroid dienone is 4. The molecule has 0 spiro atoms. The molecule has 3 heterocycles. The lowest BCUT2D eigenvalue weighted by Crippen LogP contribution is -2.39. The highest BCUT2D eigenvalue weighted by atomic mass is 16.5. The first-order chi connectivity index (χ1) is 18.2. The highest BCUT2D eigenvalue weighted by molar-refractivity contribution is 5.83. The van der Waals surface area contributed by atoms with Crippen molar-refractivity contribution >= 4 is 34.4 Å². The number of nitrogens with one attached hydrogen (secondary N) is 2. The van der Waals surface area contributed by atoms with E-state index >= 15 is 0 Å². The highest BCUT2D eigenvalue weighted by Gasteiger charge is 2.25. The van der Waals surface area contributed by atoms with Gasteiger partial charge in [-0.05, 0) is 55.6 Å². The number of carbonyl (C=O) groups excluding carboxylic acids is 2. The maximum atomic E-state index is 10.6. The van der Waals surface area contributed by atoms with Crippen LogP contribution in [0.2, 0.25) is 0 Å². The van der Waals surface area contributed by atoms with Crippen LogP contribution in [0.3, 0.4) is 0 Å². The predicted octanol–water partition coefficient (Wildman–Crippen LogP) is 5.57. The number of methoxy groups -OCH3 is 1. The molecule has 3 aromatic rings. The summed E-state index contributed by atoms with van der Waals surface area (Å²) in [6, 6.07) is 12.1. The zero-order chi connectivity index (χ0) is 27.7. The van der Waals surface area contributed by atoms with Gasteiger partial charge >= 0.3 is 6.09 Å². The maximum absolute atomic E-state index is 10.6. The Bertz CT molecular complexity index is 1310.